The van der Waals surface area contributed by atoms with Crippen LogP contribution in [0.4, 0.5) is 5.69 Å². The lowest BCUT2D eigenvalue weighted by Gasteiger charge is -2.08. The summed E-state index contributed by atoms with van der Waals surface area (Å²) in [4.78, 5) is 24.7. The highest BCUT2D eigenvalue weighted by molar-refractivity contribution is 6.32. The monoisotopic (exact) mass is 431 g/mol. The number of carbonyl (C=O) groups is 1. The number of rotatable bonds is 6. The molecular weight excluding hydrogens is 414 g/mol. The summed E-state index contributed by atoms with van der Waals surface area (Å²) < 4.78 is 7.65. The van der Waals surface area contributed by atoms with E-state index in [4.69, 9.17) is 16.3 Å². The van der Waals surface area contributed by atoms with Crippen molar-refractivity contribution in [1.82, 2.24) is 19.5 Å². The van der Waals surface area contributed by atoms with E-state index in [9.17, 15) is 4.79 Å². The Balaban J connectivity index is 1.39. The SMILES string of the molecule is Cc1nccn1-c1cc(Oc2ccc(NC(=O)/C=C/c3ccccc3Cl)cc2)ncn1. The molecule has 0 aliphatic heterocycles. The Bertz CT molecular complexity index is 1230. The highest BCUT2D eigenvalue weighted by Crippen LogP contribution is 2.23. The molecule has 0 bridgehead atoms. The van der Waals surface area contributed by atoms with Crippen molar-refractivity contribution in [2.75, 3.05) is 5.32 Å². The molecule has 0 aliphatic carbocycles. The van der Waals surface area contributed by atoms with E-state index < -0.39 is 0 Å². The number of halogens is 1. The van der Waals surface area contributed by atoms with Gasteiger partial charge in [-0.05, 0) is 48.9 Å². The van der Waals surface area contributed by atoms with Crippen molar-refractivity contribution >= 4 is 29.3 Å². The van der Waals surface area contributed by atoms with Crippen LogP contribution in [0, 0.1) is 6.92 Å². The minimum absolute atomic E-state index is 0.260. The van der Waals surface area contributed by atoms with E-state index in [1.54, 1.807) is 48.7 Å². The molecule has 4 aromatic rings. The van der Waals surface area contributed by atoms with Crippen LogP contribution in [0.25, 0.3) is 11.9 Å². The molecule has 7 nitrogen and oxygen atoms in total. The van der Waals surface area contributed by atoms with Crippen molar-refractivity contribution in [2.24, 2.45) is 0 Å². The number of hydrogen-bond acceptors (Lipinski definition) is 5. The molecule has 2 aromatic heterocycles. The van der Waals surface area contributed by atoms with E-state index in [-0.39, 0.29) is 5.91 Å². The third-order valence-corrected chi connectivity index (χ3v) is 4.71. The maximum absolute atomic E-state index is 12.2. The molecule has 2 heterocycles. The molecule has 0 unspecified atom stereocenters. The Hall–Kier alpha value is -3.97. The number of hydrogen-bond donors (Lipinski definition) is 1. The molecule has 1 amide bonds. The molecule has 0 radical (unpaired) electrons. The van der Waals surface area contributed by atoms with Gasteiger partial charge in [0.25, 0.3) is 0 Å². The molecule has 31 heavy (non-hydrogen) atoms. The van der Waals surface area contributed by atoms with Gasteiger partial charge >= 0.3 is 0 Å². The topological polar surface area (TPSA) is 81.9 Å². The van der Waals surface area contributed by atoms with Gasteiger partial charge in [-0.15, -0.1) is 0 Å². The van der Waals surface area contributed by atoms with E-state index in [1.165, 1.54) is 12.4 Å². The zero-order valence-corrected chi connectivity index (χ0v) is 17.3. The maximum atomic E-state index is 12.2. The first-order valence-electron chi connectivity index (χ1n) is 9.42. The van der Waals surface area contributed by atoms with Crippen LogP contribution >= 0.6 is 11.6 Å². The smallest absolute Gasteiger partial charge is 0.248 e. The van der Waals surface area contributed by atoms with E-state index >= 15 is 0 Å². The quantitative estimate of drug-likeness (QED) is 0.431. The standard InChI is InChI=1S/C23H18ClN5O2/c1-16-25-12-13-29(16)21-14-23(27-15-26-21)31-19-9-7-18(8-10-19)28-22(30)11-6-17-4-2-3-5-20(17)24/h2-15H,1H3,(H,28,30)/b11-6+. The second-order valence-corrected chi connectivity index (χ2v) is 6.94. The minimum atomic E-state index is -0.260. The summed E-state index contributed by atoms with van der Waals surface area (Å²) in [5.74, 6) is 2.20. The number of aryl methyl sites for hydroxylation is 1. The predicted octanol–water partition coefficient (Wildman–Crippen LogP) is 5.07. The number of anilines is 1. The summed E-state index contributed by atoms with van der Waals surface area (Å²) in [6, 6.07) is 16.0. The van der Waals surface area contributed by atoms with Gasteiger partial charge in [-0.3, -0.25) is 9.36 Å². The normalized spacial score (nSPS) is 10.9. The molecule has 0 saturated heterocycles. The average Bonchev–Trinajstić information content (AvgIpc) is 3.21. The fraction of sp³-hybridized carbons (Fsp3) is 0.0435. The fourth-order valence-corrected chi connectivity index (χ4v) is 3.02. The molecule has 0 aliphatic rings. The number of nitrogens with zero attached hydrogens (tertiary/aromatic N) is 4. The maximum Gasteiger partial charge on any atom is 0.248 e. The molecular formula is C23H18ClN5O2. The molecule has 1 N–H and O–H groups in total. The third-order valence-electron chi connectivity index (χ3n) is 4.36. The summed E-state index contributed by atoms with van der Waals surface area (Å²) in [5, 5.41) is 3.38. The summed E-state index contributed by atoms with van der Waals surface area (Å²) in [6.07, 6.45) is 8.06. The molecule has 2 aromatic carbocycles. The largest absolute Gasteiger partial charge is 0.439 e. The molecule has 0 saturated carbocycles. The van der Waals surface area contributed by atoms with Crippen molar-refractivity contribution in [3.8, 4) is 17.4 Å². The number of nitrogens with one attached hydrogen (secondary N) is 1. The molecule has 0 fully saturated rings. The van der Waals surface area contributed by atoms with Gasteiger partial charge in [0, 0.05) is 35.2 Å². The van der Waals surface area contributed by atoms with E-state index in [1.807, 2.05) is 35.9 Å². The molecule has 154 valence electrons. The third kappa shape index (κ3) is 5.15. The van der Waals surface area contributed by atoms with E-state index in [0.717, 1.165) is 11.4 Å². The molecule has 4 rings (SSSR count). The second-order valence-electron chi connectivity index (χ2n) is 6.53. The van der Waals surface area contributed by atoms with Crippen LogP contribution in [0.15, 0.2) is 79.4 Å². The van der Waals surface area contributed by atoms with E-state index in [2.05, 4.69) is 20.3 Å². The first-order chi connectivity index (χ1) is 15.1. The van der Waals surface area contributed by atoms with Crippen LogP contribution in [0.5, 0.6) is 11.6 Å². The first-order valence-corrected chi connectivity index (χ1v) is 9.80. The summed E-state index contributed by atoms with van der Waals surface area (Å²) in [5.41, 5.74) is 1.41. The number of amides is 1. The summed E-state index contributed by atoms with van der Waals surface area (Å²) in [7, 11) is 0. The minimum Gasteiger partial charge on any atom is -0.439 e. The van der Waals surface area contributed by atoms with Gasteiger partial charge in [0.15, 0.2) is 0 Å². The fourth-order valence-electron chi connectivity index (χ4n) is 2.82. The number of ether oxygens (including phenoxy) is 1. The zero-order valence-electron chi connectivity index (χ0n) is 16.6. The van der Waals surface area contributed by atoms with Crippen LogP contribution in [-0.4, -0.2) is 25.4 Å². The van der Waals surface area contributed by atoms with Gasteiger partial charge in [0.2, 0.25) is 11.8 Å². The van der Waals surface area contributed by atoms with Crippen LogP contribution in [0.3, 0.4) is 0 Å². The van der Waals surface area contributed by atoms with Crippen molar-refractivity contribution in [2.45, 2.75) is 6.92 Å². The van der Waals surface area contributed by atoms with Crippen LogP contribution in [0.1, 0.15) is 11.4 Å². The highest BCUT2D eigenvalue weighted by Gasteiger charge is 2.06. The van der Waals surface area contributed by atoms with Gasteiger partial charge < -0.3 is 10.1 Å². The van der Waals surface area contributed by atoms with Gasteiger partial charge in [0.05, 0.1) is 0 Å². The summed E-state index contributed by atoms with van der Waals surface area (Å²) in [6.45, 7) is 1.89. The van der Waals surface area contributed by atoms with Crippen LogP contribution in [-0.2, 0) is 4.79 Å². The number of carbonyl (C=O) groups excluding carboxylic acids is 1. The molecule has 0 spiro atoms. The van der Waals surface area contributed by atoms with Crippen molar-refractivity contribution < 1.29 is 9.53 Å². The zero-order chi connectivity index (χ0) is 21.6. The Morgan fingerprint density at radius 3 is 2.65 bits per heavy atom. The van der Waals surface area contributed by atoms with Crippen LogP contribution < -0.4 is 10.1 Å². The lowest BCUT2D eigenvalue weighted by molar-refractivity contribution is -0.111. The Kier molecular flexibility index (Phi) is 6.05. The van der Waals surface area contributed by atoms with Gasteiger partial charge in [-0.1, -0.05) is 29.8 Å². The predicted molar refractivity (Wildman–Crippen MR) is 120 cm³/mol. The number of imidazole rings is 1. The van der Waals surface area contributed by atoms with E-state index in [0.29, 0.717) is 28.2 Å². The van der Waals surface area contributed by atoms with Gasteiger partial charge in [-0.2, -0.15) is 0 Å². The average molecular weight is 432 g/mol. The van der Waals surface area contributed by atoms with Crippen LogP contribution in [0.2, 0.25) is 5.02 Å². The van der Waals surface area contributed by atoms with Gasteiger partial charge in [-0.25, -0.2) is 15.0 Å². The Morgan fingerprint density at radius 2 is 1.90 bits per heavy atom. The highest BCUT2D eigenvalue weighted by atomic mass is 35.5. The van der Waals surface area contributed by atoms with Crippen molar-refractivity contribution in [3.63, 3.8) is 0 Å². The van der Waals surface area contributed by atoms with Crippen molar-refractivity contribution in [3.05, 3.63) is 95.8 Å². The number of benzene rings is 2. The lowest BCUT2D eigenvalue weighted by atomic mass is 10.2. The number of aromatic nitrogens is 4. The Labute approximate surface area is 184 Å². The molecule has 0 atom stereocenters. The summed E-state index contributed by atoms with van der Waals surface area (Å²) >= 11 is 6.09. The Morgan fingerprint density at radius 1 is 1.10 bits per heavy atom. The van der Waals surface area contributed by atoms with Crippen molar-refractivity contribution in [1.29, 1.82) is 0 Å². The molecule has 8 heteroatoms. The lowest BCUT2D eigenvalue weighted by Crippen LogP contribution is -2.07. The van der Waals surface area contributed by atoms with Gasteiger partial charge in [0.1, 0.15) is 23.7 Å². The second kappa shape index (κ2) is 9.23. The first kappa shape index (κ1) is 20.3.